The van der Waals surface area contributed by atoms with Crippen LogP contribution in [0.15, 0.2) is 48.5 Å². The van der Waals surface area contributed by atoms with Crippen LogP contribution >= 0.6 is 0 Å². The number of benzene rings is 2. The average molecular weight is 422 g/mol. The van der Waals surface area contributed by atoms with Crippen molar-refractivity contribution in [3.05, 3.63) is 54.1 Å². The summed E-state index contributed by atoms with van der Waals surface area (Å²) < 4.78 is 12.2. The summed E-state index contributed by atoms with van der Waals surface area (Å²) in [6, 6.07) is 14.8. The minimum Gasteiger partial charge on any atom is -0.491 e. The van der Waals surface area contributed by atoms with E-state index in [0.717, 1.165) is 37.7 Å². The van der Waals surface area contributed by atoms with Crippen LogP contribution in [0.3, 0.4) is 0 Å². The average Bonchev–Trinajstić information content (AvgIpc) is 3.14. The number of hydrogen-bond donors (Lipinski definition) is 2. The van der Waals surface area contributed by atoms with Gasteiger partial charge in [0, 0.05) is 30.0 Å². The number of nitrogens with zero attached hydrogens (tertiary/aromatic N) is 4. The summed E-state index contributed by atoms with van der Waals surface area (Å²) in [6.07, 6.45) is 0.0575. The van der Waals surface area contributed by atoms with E-state index in [2.05, 4.69) is 20.3 Å². The van der Waals surface area contributed by atoms with Gasteiger partial charge in [0.25, 0.3) is 5.91 Å². The standard InChI is InChI=1S/C22H26N6O3/c1-15(2)31-19-9-3-16(4-10-19)20(29)28-22(25-21(23)26-28)24-17-5-7-18(8-6-17)27-11-13-30-14-12-27/h3-10,15H,11-14H2,1-2H3,(H3,23,24,25,26). The Morgan fingerprint density at radius 2 is 1.77 bits per heavy atom. The maximum absolute atomic E-state index is 13.0. The Labute approximate surface area is 180 Å². The van der Waals surface area contributed by atoms with Crippen molar-refractivity contribution in [2.24, 2.45) is 0 Å². The molecule has 9 nitrogen and oxygen atoms in total. The Bertz CT molecular complexity index is 1020. The van der Waals surface area contributed by atoms with Gasteiger partial charge in [0.15, 0.2) is 0 Å². The number of ether oxygens (including phenoxy) is 2. The molecule has 0 spiro atoms. The maximum atomic E-state index is 13.0. The predicted octanol–water partition coefficient (Wildman–Crippen LogP) is 2.92. The molecule has 0 aliphatic carbocycles. The van der Waals surface area contributed by atoms with Crippen LogP contribution in [0.25, 0.3) is 0 Å². The Hall–Kier alpha value is -3.59. The molecule has 4 rings (SSSR count). The third-order valence-corrected chi connectivity index (χ3v) is 4.79. The zero-order valence-electron chi connectivity index (χ0n) is 17.6. The molecular weight excluding hydrogens is 396 g/mol. The second-order valence-corrected chi connectivity index (χ2v) is 7.47. The second-order valence-electron chi connectivity index (χ2n) is 7.47. The van der Waals surface area contributed by atoms with Gasteiger partial charge in [-0.15, -0.1) is 5.10 Å². The van der Waals surface area contributed by atoms with Crippen LogP contribution in [0.1, 0.15) is 24.2 Å². The molecule has 1 aliphatic rings. The fourth-order valence-corrected chi connectivity index (χ4v) is 3.33. The van der Waals surface area contributed by atoms with Crippen LogP contribution in [0.4, 0.5) is 23.3 Å². The van der Waals surface area contributed by atoms with E-state index < -0.39 is 0 Å². The van der Waals surface area contributed by atoms with Crippen molar-refractivity contribution >= 4 is 29.2 Å². The molecule has 2 heterocycles. The number of rotatable bonds is 6. The molecule has 0 bridgehead atoms. The molecular formula is C22H26N6O3. The monoisotopic (exact) mass is 422 g/mol. The summed E-state index contributed by atoms with van der Waals surface area (Å²) >= 11 is 0. The fraction of sp³-hybridized carbons (Fsp3) is 0.318. The molecule has 2 aromatic carbocycles. The molecule has 0 amide bonds. The first-order valence-electron chi connectivity index (χ1n) is 10.2. The molecule has 0 radical (unpaired) electrons. The topological polar surface area (TPSA) is 108 Å². The molecule has 0 saturated carbocycles. The van der Waals surface area contributed by atoms with Gasteiger partial charge in [-0.3, -0.25) is 4.79 Å². The van der Waals surface area contributed by atoms with Crippen molar-refractivity contribution in [3.63, 3.8) is 0 Å². The van der Waals surface area contributed by atoms with Gasteiger partial charge in [-0.05, 0) is 62.4 Å². The van der Waals surface area contributed by atoms with Crippen molar-refractivity contribution in [2.75, 3.05) is 42.3 Å². The van der Waals surface area contributed by atoms with Crippen molar-refractivity contribution in [1.29, 1.82) is 0 Å². The summed E-state index contributed by atoms with van der Waals surface area (Å²) in [5.41, 5.74) is 8.12. The summed E-state index contributed by atoms with van der Waals surface area (Å²) in [7, 11) is 0. The van der Waals surface area contributed by atoms with E-state index >= 15 is 0 Å². The molecule has 1 saturated heterocycles. The molecule has 162 valence electrons. The highest BCUT2D eigenvalue weighted by molar-refractivity contribution is 5.97. The lowest BCUT2D eigenvalue weighted by Gasteiger charge is -2.28. The first kappa shape index (κ1) is 20.7. The quantitative estimate of drug-likeness (QED) is 0.624. The minimum atomic E-state index is -0.340. The highest BCUT2D eigenvalue weighted by Crippen LogP contribution is 2.22. The van der Waals surface area contributed by atoms with E-state index in [1.54, 1.807) is 24.3 Å². The summed E-state index contributed by atoms with van der Waals surface area (Å²) in [6.45, 7) is 7.09. The normalized spacial score (nSPS) is 14.0. The van der Waals surface area contributed by atoms with E-state index in [9.17, 15) is 4.79 Å². The zero-order chi connectivity index (χ0) is 21.8. The Morgan fingerprint density at radius 3 is 2.42 bits per heavy atom. The van der Waals surface area contributed by atoms with Gasteiger partial charge in [-0.2, -0.15) is 9.67 Å². The van der Waals surface area contributed by atoms with Crippen molar-refractivity contribution in [3.8, 4) is 5.75 Å². The highest BCUT2D eigenvalue weighted by atomic mass is 16.5. The molecule has 0 unspecified atom stereocenters. The number of carbonyl (C=O) groups is 1. The molecule has 9 heteroatoms. The number of carbonyl (C=O) groups excluding carboxylic acids is 1. The first-order valence-corrected chi connectivity index (χ1v) is 10.2. The number of nitrogens with two attached hydrogens (primary N) is 1. The van der Waals surface area contributed by atoms with Gasteiger partial charge in [-0.25, -0.2) is 0 Å². The van der Waals surface area contributed by atoms with E-state index in [0.29, 0.717) is 11.3 Å². The van der Waals surface area contributed by atoms with Crippen LogP contribution < -0.4 is 20.7 Å². The SMILES string of the molecule is CC(C)Oc1ccc(C(=O)n2nc(N)nc2Nc2ccc(N3CCOCC3)cc2)cc1. The number of aromatic nitrogens is 3. The van der Waals surface area contributed by atoms with Gasteiger partial charge in [0.2, 0.25) is 11.9 Å². The van der Waals surface area contributed by atoms with Gasteiger partial charge in [0.05, 0.1) is 19.3 Å². The van der Waals surface area contributed by atoms with Crippen LogP contribution in [0.5, 0.6) is 5.75 Å². The zero-order valence-corrected chi connectivity index (χ0v) is 17.6. The van der Waals surface area contributed by atoms with Gasteiger partial charge < -0.3 is 25.4 Å². The fourth-order valence-electron chi connectivity index (χ4n) is 3.33. The molecule has 31 heavy (non-hydrogen) atoms. The third kappa shape index (κ3) is 4.95. The maximum Gasteiger partial charge on any atom is 0.281 e. The molecule has 1 aliphatic heterocycles. The Balaban J connectivity index is 1.50. The second kappa shape index (κ2) is 9.05. The van der Waals surface area contributed by atoms with Gasteiger partial charge >= 0.3 is 0 Å². The lowest BCUT2D eigenvalue weighted by Crippen LogP contribution is -2.36. The van der Waals surface area contributed by atoms with E-state index in [-0.39, 0.29) is 23.9 Å². The van der Waals surface area contributed by atoms with E-state index in [1.807, 2.05) is 38.1 Å². The van der Waals surface area contributed by atoms with Gasteiger partial charge in [0.1, 0.15) is 5.75 Å². The number of morpholine rings is 1. The van der Waals surface area contributed by atoms with Crippen LogP contribution in [0, 0.1) is 0 Å². The molecule has 3 aromatic rings. The van der Waals surface area contributed by atoms with Gasteiger partial charge in [-0.1, -0.05) is 0 Å². The van der Waals surface area contributed by atoms with Crippen LogP contribution in [-0.4, -0.2) is 53.1 Å². The molecule has 0 atom stereocenters. The lowest BCUT2D eigenvalue weighted by molar-refractivity contribution is 0.0948. The smallest absolute Gasteiger partial charge is 0.281 e. The first-order chi connectivity index (χ1) is 15.0. The summed E-state index contributed by atoms with van der Waals surface area (Å²) in [4.78, 5) is 19.4. The summed E-state index contributed by atoms with van der Waals surface area (Å²) in [5, 5.41) is 7.20. The van der Waals surface area contributed by atoms with Crippen molar-refractivity contribution < 1.29 is 14.3 Å². The number of nitrogens with one attached hydrogen (secondary N) is 1. The predicted molar refractivity (Wildman–Crippen MR) is 119 cm³/mol. The number of nitrogen functional groups attached to an aromatic ring is 1. The largest absolute Gasteiger partial charge is 0.491 e. The van der Waals surface area contributed by atoms with E-state index in [1.165, 1.54) is 4.68 Å². The van der Waals surface area contributed by atoms with E-state index in [4.69, 9.17) is 15.2 Å². The Kier molecular flexibility index (Phi) is 6.03. The number of anilines is 4. The number of hydrogen-bond acceptors (Lipinski definition) is 8. The van der Waals surface area contributed by atoms with Crippen LogP contribution in [0.2, 0.25) is 0 Å². The summed E-state index contributed by atoms with van der Waals surface area (Å²) in [5.74, 6) is 0.626. The van der Waals surface area contributed by atoms with Crippen molar-refractivity contribution in [2.45, 2.75) is 20.0 Å². The minimum absolute atomic E-state index is 0.0144. The molecule has 1 fully saturated rings. The van der Waals surface area contributed by atoms with Crippen molar-refractivity contribution in [1.82, 2.24) is 14.8 Å². The van der Waals surface area contributed by atoms with Crippen LogP contribution in [-0.2, 0) is 4.74 Å². The highest BCUT2D eigenvalue weighted by Gasteiger charge is 2.18. The third-order valence-electron chi connectivity index (χ3n) is 4.79. The molecule has 3 N–H and O–H groups in total. The molecule has 1 aromatic heterocycles. The lowest BCUT2D eigenvalue weighted by atomic mass is 10.2. The Morgan fingerprint density at radius 1 is 1.10 bits per heavy atom.